The van der Waals surface area contributed by atoms with E-state index in [9.17, 15) is 9.90 Å². The number of hydrogen-bond donors (Lipinski definition) is 0. The fraction of sp³-hybridized carbons (Fsp3) is 0.364. The molecular weight excluding hydrogens is 326 g/mol. The molecule has 4 heteroatoms. The lowest BCUT2D eigenvalue weighted by Crippen LogP contribution is -2.41. The minimum absolute atomic E-state index is 0.0134. The molecule has 1 aliphatic heterocycles. The van der Waals surface area contributed by atoms with Gasteiger partial charge in [0.25, 0.3) is 0 Å². The van der Waals surface area contributed by atoms with Gasteiger partial charge >= 0.3 is 0 Å². The van der Waals surface area contributed by atoms with Crippen LogP contribution in [0.25, 0.3) is 0 Å². The lowest BCUT2D eigenvalue weighted by atomic mass is 9.73. The Morgan fingerprint density at radius 1 is 1.19 bits per heavy atom. The largest absolute Gasteiger partial charge is 0.550 e. The van der Waals surface area contributed by atoms with Crippen molar-refractivity contribution in [2.75, 3.05) is 0 Å². The summed E-state index contributed by atoms with van der Waals surface area (Å²) in [5.41, 5.74) is 3.11. The Morgan fingerprint density at radius 2 is 1.96 bits per heavy atom. The summed E-state index contributed by atoms with van der Waals surface area (Å²) < 4.78 is 6.10. The van der Waals surface area contributed by atoms with Gasteiger partial charge in [-0.3, -0.25) is 0 Å². The highest BCUT2D eigenvalue weighted by Gasteiger charge is 2.38. The zero-order chi connectivity index (χ0) is 18.9. The van der Waals surface area contributed by atoms with Gasteiger partial charge in [0.05, 0.1) is 0 Å². The molecular formula is C22H22NO3-. The molecule has 3 rings (SSSR count). The molecule has 26 heavy (non-hydrogen) atoms. The quantitative estimate of drug-likeness (QED) is 0.783. The van der Waals surface area contributed by atoms with E-state index >= 15 is 0 Å². The van der Waals surface area contributed by atoms with Crippen LogP contribution in [0.1, 0.15) is 56.5 Å². The van der Waals surface area contributed by atoms with Gasteiger partial charge in [-0.05, 0) is 61.4 Å². The van der Waals surface area contributed by atoms with Gasteiger partial charge in [-0.25, -0.2) is 4.98 Å². The summed E-state index contributed by atoms with van der Waals surface area (Å²) in [5.74, 6) is 5.96. The normalized spacial score (nSPS) is 16.6. The van der Waals surface area contributed by atoms with E-state index in [1.54, 1.807) is 12.1 Å². The van der Waals surface area contributed by atoms with Crippen LogP contribution in [0.5, 0.6) is 5.75 Å². The molecule has 0 spiro atoms. The number of aliphatic carboxylic acids is 1. The summed E-state index contributed by atoms with van der Waals surface area (Å²) in [7, 11) is 0. The summed E-state index contributed by atoms with van der Waals surface area (Å²) in [6, 6.07) is 9.45. The molecule has 1 aliphatic rings. The zero-order valence-corrected chi connectivity index (χ0v) is 15.6. The van der Waals surface area contributed by atoms with Crippen LogP contribution in [-0.2, 0) is 16.6 Å². The van der Waals surface area contributed by atoms with Gasteiger partial charge in [-0.15, -0.1) is 0 Å². The van der Waals surface area contributed by atoms with Gasteiger partial charge < -0.3 is 14.6 Å². The molecule has 1 aromatic heterocycles. The maximum atomic E-state index is 10.6. The first-order chi connectivity index (χ1) is 12.1. The number of carbonyl (C=O) groups is 1. The smallest absolute Gasteiger partial charge is 0.123 e. The van der Waals surface area contributed by atoms with Crippen molar-refractivity contribution in [2.45, 2.75) is 51.6 Å². The molecule has 0 saturated heterocycles. The average molecular weight is 348 g/mol. The van der Waals surface area contributed by atoms with E-state index in [-0.39, 0.29) is 17.4 Å². The summed E-state index contributed by atoms with van der Waals surface area (Å²) >= 11 is 0. The zero-order valence-electron chi connectivity index (χ0n) is 15.6. The second kappa shape index (κ2) is 6.49. The van der Waals surface area contributed by atoms with Gasteiger partial charge in [0, 0.05) is 29.7 Å². The minimum atomic E-state index is -1.12. The number of pyridine rings is 1. The van der Waals surface area contributed by atoms with E-state index in [2.05, 4.69) is 50.6 Å². The number of ether oxygens (including phenoxy) is 1. The molecule has 0 bridgehead atoms. The van der Waals surface area contributed by atoms with Crippen molar-refractivity contribution in [3.8, 4) is 17.6 Å². The number of carboxylic acid groups (broad SMARTS) is 1. The SMILES string of the molecule is CC1(C)CC(C)(C)c2cc(C#Cc3ccc(CC(=O)[O-])cn3)ccc2O1. The van der Waals surface area contributed by atoms with Gasteiger partial charge in [0.15, 0.2) is 0 Å². The first-order valence-corrected chi connectivity index (χ1v) is 8.65. The van der Waals surface area contributed by atoms with Crippen molar-refractivity contribution >= 4 is 5.97 Å². The Kier molecular flexibility index (Phi) is 4.50. The molecule has 2 heterocycles. The Hall–Kier alpha value is -2.80. The summed E-state index contributed by atoms with van der Waals surface area (Å²) in [6.45, 7) is 8.68. The lowest BCUT2D eigenvalue weighted by molar-refractivity contribution is -0.304. The average Bonchev–Trinajstić information content (AvgIpc) is 2.52. The molecule has 0 amide bonds. The molecule has 0 unspecified atom stereocenters. The highest BCUT2D eigenvalue weighted by Crippen LogP contribution is 2.44. The lowest BCUT2D eigenvalue weighted by Gasteiger charge is -2.42. The number of fused-ring (bicyclic) bond motifs is 1. The highest BCUT2D eigenvalue weighted by molar-refractivity contribution is 5.67. The molecule has 0 N–H and O–H groups in total. The fourth-order valence-corrected chi connectivity index (χ4v) is 3.62. The Balaban J connectivity index is 1.85. The third-order valence-electron chi connectivity index (χ3n) is 4.47. The number of carbonyl (C=O) groups excluding carboxylic acids is 1. The van der Waals surface area contributed by atoms with Crippen molar-refractivity contribution in [2.24, 2.45) is 0 Å². The third-order valence-corrected chi connectivity index (χ3v) is 4.47. The Morgan fingerprint density at radius 3 is 2.62 bits per heavy atom. The van der Waals surface area contributed by atoms with Crippen LogP contribution in [-0.4, -0.2) is 16.6 Å². The van der Waals surface area contributed by atoms with Gasteiger partial charge in [0.2, 0.25) is 0 Å². The van der Waals surface area contributed by atoms with E-state index in [1.807, 2.05) is 12.1 Å². The second-order valence-electron chi connectivity index (χ2n) is 7.98. The monoisotopic (exact) mass is 348 g/mol. The van der Waals surface area contributed by atoms with Gasteiger partial charge in [-0.1, -0.05) is 25.8 Å². The van der Waals surface area contributed by atoms with Crippen LogP contribution in [0.4, 0.5) is 0 Å². The van der Waals surface area contributed by atoms with Gasteiger partial charge in [-0.2, -0.15) is 0 Å². The molecule has 4 nitrogen and oxygen atoms in total. The molecule has 0 atom stereocenters. The van der Waals surface area contributed by atoms with Crippen molar-refractivity contribution < 1.29 is 14.6 Å². The second-order valence-corrected chi connectivity index (χ2v) is 7.98. The fourth-order valence-electron chi connectivity index (χ4n) is 3.62. The first kappa shape index (κ1) is 18.0. The molecule has 0 radical (unpaired) electrons. The number of hydrogen-bond acceptors (Lipinski definition) is 4. The maximum absolute atomic E-state index is 10.6. The van der Waals surface area contributed by atoms with E-state index < -0.39 is 5.97 Å². The van der Waals surface area contributed by atoms with E-state index in [0.717, 1.165) is 17.7 Å². The maximum Gasteiger partial charge on any atom is 0.123 e. The highest BCUT2D eigenvalue weighted by atomic mass is 16.5. The number of carboxylic acids is 1. The molecule has 0 saturated carbocycles. The van der Waals surface area contributed by atoms with Crippen LogP contribution in [0.3, 0.4) is 0 Å². The van der Waals surface area contributed by atoms with Crippen molar-refractivity contribution in [1.82, 2.24) is 4.98 Å². The predicted octanol–water partition coefficient (Wildman–Crippen LogP) is 2.61. The predicted molar refractivity (Wildman–Crippen MR) is 97.7 cm³/mol. The molecule has 134 valence electrons. The number of rotatable bonds is 2. The van der Waals surface area contributed by atoms with Crippen LogP contribution >= 0.6 is 0 Å². The van der Waals surface area contributed by atoms with Crippen LogP contribution in [0.2, 0.25) is 0 Å². The van der Waals surface area contributed by atoms with Crippen LogP contribution in [0, 0.1) is 11.8 Å². The van der Waals surface area contributed by atoms with Gasteiger partial charge in [0.1, 0.15) is 17.0 Å². The van der Waals surface area contributed by atoms with Crippen molar-refractivity contribution in [1.29, 1.82) is 0 Å². The summed E-state index contributed by atoms with van der Waals surface area (Å²) in [4.78, 5) is 14.8. The van der Waals surface area contributed by atoms with E-state index in [1.165, 1.54) is 11.8 Å². The number of aromatic nitrogens is 1. The number of nitrogens with zero attached hydrogens (tertiary/aromatic N) is 1. The Labute approximate surface area is 154 Å². The van der Waals surface area contributed by atoms with Crippen molar-refractivity contribution in [3.05, 3.63) is 58.9 Å². The molecule has 0 aliphatic carbocycles. The topological polar surface area (TPSA) is 62.2 Å². The van der Waals surface area contributed by atoms with Crippen molar-refractivity contribution in [3.63, 3.8) is 0 Å². The van der Waals surface area contributed by atoms with E-state index in [0.29, 0.717) is 11.3 Å². The Bertz CT molecular complexity index is 899. The molecule has 1 aromatic carbocycles. The molecule has 2 aromatic rings. The summed E-state index contributed by atoms with van der Waals surface area (Å²) in [5, 5.41) is 10.6. The van der Waals surface area contributed by atoms with Crippen LogP contribution in [0.15, 0.2) is 36.5 Å². The molecule has 0 fully saturated rings. The summed E-state index contributed by atoms with van der Waals surface area (Å²) in [6.07, 6.45) is 2.31. The minimum Gasteiger partial charge on any atom is -0.550 e. The van der Waals surface area contributed by atoms with Crippen LogP contribution < -0.4 is 9.84 Å². The van der Waals surface area contributed by atoms with E-state index in [4.69, 9.17) is 4.74 Å². The first-order valence-electron chi connectivity index (χ1n) is 8.65. The number of benzene rings is 1. The standard InChI is InChI=1S/C22H23NO3/c1-21(2)14-22(3,4)26-19-10-7-15(11-18(19)21)5-8-17-9-6-16(13-23-17)12-20(24)25/h6-7,9-11,13H,12,14H2,1-4H3,(H,24,25)/p-1. The third kappa shape index (κ3) is 4.05.